The summed E-state index contributed by atoms with van der Waals surface area (Å²) in [4.78, 5) is 23.9. The first-order chi connectivity index (χ1) is 8.77. The van der Waals surface area contributed by atoms with Crippen molar-refractivity contribution < 1.29 is 0 Å². The second kappa shape index (κ2) is 4.27. The maximum atomic E-state index is 11.9. The highest BCUT2D eigenvalue weighted by Gasteiger charge is 2.12. The van der Waals surface area contributed by atoms with Gasteiger partial charge in [-0.05, 0) is 0 Å². The van der Waals surface area contributed by atoms with Crippen molar-refractivity contribution in [3.8, 4) is 0 Å². The molecule has 0 unspecified atom stereocenters. The highest BCUT2D eigenvalue weighted by Crippen LogP contribution is 2.01. The van der Waals surface area contributed by atoms with Crippen molar-refractivity contribution in [3.63, 3.8) is 0 Å². The van der Waals surface area contributed by atoms with Crippen LogP contribution in [0.3, 0.4) is 0 Å². The zero-order chi connectivity index (χ0) is 12.5. The predicted octanol–water partition coefficient (Wildman–Crippen LogP) is -2.76. The minimum Gasteiger partial charge on any atom is -0.287 e. The Labute approximate surface area is 100 Å². The van der Waals surface area contributed by atoms with Gasteiger partial charge in [-0.15, -0.1) is 0 Å². The molecule has 2 aromatic carbocycles. The Hall–Kier alpha value is -2.13. The van der Waals surface area contributed by atoms with E-state index < -0.39 is 6.29 Å². The average molecular weight is 246 g/mol. The summed E-state index contributed by atoms with van der Waals surface area (Å²) in [6, 6.07) is 6.67. The smallest absolute Gasteiger partial charge is 0.217 e. The van der Waals surface area contributed by atoms with Crippen LogP contribution in [0.2, 0.25) is 0 Å². The van der Waals surface area contributed by atoms with Crippen LogP contribution in [0, 0.1) is 0 Å². The maximum Gasteiger partial charge on any atom is 0.217 e. The average Bonchev–Trinajstić information content (AvgIpc) is 2.98. The molecule has 1 heterocycles. The number of hydrogen-bond acceptors (Lipinski definition) is 8. The molecule has 0 amide bonds. The van der Waals surface area contributed by atoms with Gasteiger partial charge >= 0.3 is 0 Å². The van der Waals surface area contributed by atoms with Crippen molar-refractivity contribution >= 4 is 10.8 Å². The lowest BCUT2D eigenvalue weighted by Gasteiger charge is -2.05. The number of nitrogens with one attached hydrogen (secondary N) is 5. The Balaban J connectivity index is 2.08. The summed E-state index contributed by atoms with van der Waals surface area (Å²) in [5.41, 5.74) is 12.5. The van der Waals surface area contributed by atoms with Gasteiger partial charge in [0.1, 0.15) is 0 Å². The van der Waals surface area contributed by atoms with E-state index in [1.165, 1.54) is 0 Å². The van der Waals surface area contributed by atoms with Crippen LogP contribution in [0.1, 0.15) is 0 Å². The summed E-state index contributed by atoms with van der Waals surface area (Å²) in [6.45, 7) is 0. The number of nitrogens with zero attached hydrogens (tertiary/aromatic N) is 1. The van der Waals surface area contributed by atoms with E-state index >= 15 is 0 Å². The monoisotopic (exact) mass is 246 g/mol. The van der Waals surface area contributed by atoms with Gasteiger partial charge < -0.3 is 0 Å². The van der Waals surface area contributed by atoms with E-state index in [4.69, 9.17) is 0 Å². The van der Waals surface area contributed by atoms with Gasteiger partial charge in [0, 0.05) is 10.8 Å². The van der Waals surface area contributed by atoms with Gasteiger partial charge in [-0.1, -0.05) is 24.3 Å². The van der Waals surface area contributed by atoms with Crippen molar-refractivity contribution in [2.45, 2.75) is 6.29 Å². The lowest BCUT2D eigenvalue weighted by atomic mass is 10.2. The molecule has 0 bridgehead atoms. The summed E-state index contributed by atoms with van der Waals surface area (Å²) in [5, 5.41) is 4.53. The first kappa shape index (κ1) is 11.0. The molecule has 0 aromatic heterocycles. The third-order valence-electron chi connectivity index (χ3n) is 2.65. The van der Waals surface area contributed by atoms with Crippen LogP contribution < -0.4 is 43.6 Å². The molecule has 8 heteroatoms. The first-order valence-corrected chi connectivity index (χ1v) is 5.30. The Morgan fingerprint density at radius 3 is 2.11 bits per heavy atom. The minimum atomic E-state index is -0.415. The Morgan fingerprint density at radius 1 is 1.00 bits per heavy atom. The molecule has 3 rings (SSSR count). The van der Waals surface area contributed by atoms with E-state index in [1.807, 2.05) is 0 Å². The van der Waals surface area contributed by atoms with Gasteiger partial charge in [0.05, 0.1) is 0 Å². The van der Waals surface area contributed by atoms with Gasteiger partial charge in [-0.2, -0.15) is 16.2 Å². The summed E-state index contributed by atoms with van der Waals surface area (Å²) < 4.78 is 0. The predicted molar refractivity (Wildman–Crippen MR) is 63.9 cm³/mol. The second-order valence-corrected chi connectivity index (χ2v) is 3.77. The molecular weight excluding hydrogens is 236 g/mol. The van der Waals surface area contributed by atoms with E-state index in [9.17, 15) is 9.59 Å². The molecule has 5 N–H and O–H groups in total. The summed E-state index contributed by atoms with van der Waals surface area (Å²) in [5.74, 6) is 0. The van der Waals surface area contributed by atoms with E-state index in [1.54, 1.807) is 24.3 Å². The third-order valence-corrected chi connectivity index (χ3v) is 2.65. The maximum absolute atomic E-state index is 11.9. The first-order valence-electron chi connectivity index (χ1n) is 5.30. The molecule has 1 aliphatic rings. The molecule has 0 atom stereocenters. The quantitative estimate of drug-likeness (QED) is 0.365. The topological polar surface area (TPSA) is 107 Å². The van der Waals surface area contributed by atoms with Crippen LogP contribution in [0.25, 0.3) is 10.8 Å². The normalized spacial score (nSPS) is 16.2. The molecule has 0 saturated carbocycles. The molecule has 0 radical (unpaired) electrons. The van der Waals surface area contributed by atoms with Gasteiger partial charge in [-0.25, -0.2) is 10.9 Å². The van der Waals surface area contributed by atoms with Gasteiger partial charge in [0.25, 0.3) is 0 Å². The molecular formula is C10H10N6O2. The molecule has 1 saturated heterocycles. The molecule has 8 nitrogen and oxygen atoms in total. The summed E-state index contributed by atoms with van der Waals surface area (Å²) in [7, 11) is 0. The number of rotatable bonds is 2. The second-order valence-electron chi connectivity index (χ2n) is 3.77. The number of benzene rings is 1. The lowest BCUT2D eigenvalue weighted by Crippen LogP contribution is -2.47. The van der Waals surface area contributed by atoms with Crippen LogP contribution in [0.5, 0.6) is 0 Å². The SMILES string of the molecule is O=c1c(=NNC2NNNN2)c(=O)c2ccccc12. The molecule has 0 aliphatic carbocycles. The molecule has 1 aliphatic heterocycles. The minimum absolute atomic E-state index is 0.105. The molecule has 92 valence electrons. The molecule has 2 aromatic rings. The highest BCUT2D eigenvalue weighted by atomic mass is 16.1. The Morgan fingerprint density at radius 2 is 1.56 bits per heavy atom. The van der Waals surface area contributed by atoms with Crippen molar-refractivity contribution in [2.75, 3.05) is 0 Å². The number of hydrazine groups is 3. The Bertz CT molecular complexity index is 677. The lowest BCUT2D eigenvalue weighted by molar-refractivity contribution is 0.431. The number of fused-ring (bicyclic) bond motifs is 1. The fourth-order valence-electron chi connectivity index (χ4n) is 1.79. The van der Waals surface area contributed by atoms with Crippen LogP contribution >= 0.6 is 0 Å². The summed E-state index contributed by atoms with van der Waals surface area (Å²) >= 11 is 0. The van der Waals surface area contributed by atoms with Crippen molar-refractivity contribution in [3.05, 3.63) is 50.1 Å². The van der Waals surface area contributed by atoms with Crippen LogP contribution in [0.15, 0.2) is 39.0 Å². The fraction of sp³-hybridized carbons (Fsp3) is 0.100. The number of hydrogen-bond donors (Lipinski definition) is 5. The Kier molecular flexibility index (Phi) is 2.61. The van der Waals surface area contributed by atoms with Crippen molar-refractivity contribution in [1.29, 1.82) is 0 Å². The third kappa shape index (κ3) is 1.69. The zero-order valence-electron chi connectivity index (χ0n) is 9.15. The van der Waals surface area contributed by atoms with Gasteiger partial charge in [0.15, 0.2) is 11.6 Å². The van der Waals surface area contributed by atoms with E-state index in [-0.39, 0.29) is 16.2 Å². The molecule has 0 spiro atoms. The van der Waals surface area contributed by atoms with Crippen molar-refractivity contribution in [1.82, 2.24) is 27.3 Å². The zero-order valence-corrected chi connectivity index (χ0v) is 9.15. The van der Waals surface area contributed by atoms with Gasteiger partial charge in [0.2, 0.25) is 10.9 Å². The van der Waals surface area contributed by atoms with Crippen molar-refractivity contribution in [2.24, 2.45) is 5.10 Å². The van der Waals surface area contributed by atoms with E-state index in [0.29, 0.717) is 10.8 Å². The molecule has 1 fully saturated rings. The standard InChI is InChI=1S/C10H10N6O2/c17-8-5-3-1-2-4-6(5)9(18)7(8)11-12-10-13-15-16-14-10/h1-4,10,12-16H. The largest absolute Gasteiger partial charge is 0.287 e. The van der Waals surface area contributed by atoms with E-state index in [2.05, 4.69) is 32.4 Å². The van der Waals surface area contributed by atoms with Gasteiger partial charge in [-0.3, -0.25) is 15.0 Å². The summed E-state index contributed by atoms with van der Waals surface area (Å²) in [6.07, 6.45) is -0.415. The van der Waals surface area contributed by atoms with E-state index in [0.717, 1.165) is 0 Å². The highest BCUT2D eigenvalue weighted by molar-refractivity contribution is 5.83. The van der Waals surface area contributed by atoms with Crippen LogP contribution in [-0.2, 0) is 0 Å². The fourth-order valence-corrected chi connectivity index (χ4v) is 1.79. The van der Waals surface area contributed by atoms with Crippen LogP contribution in [0.4, 0.5) is 0 Å². The van der Waals surface area contributed by atoms with Crippen LogP contribution in [-0.4, -0.2) is 6.29 Å². The molecule has 18 heavy (non-hydrogen) atoms.